The second-order valence-electron chi connectivity index (χ2n) is 2.97. The number of unbranched alkanes of at least 4 members (excludes halogenated alkanes) is 1. The van der Waals surface area contributed by atoms with Crippen LogP contribution in [0, 0.1) is 0 Å². The average molecular weight is 195 g/mol. The molecule has 0 unspecified atom stereocenters. The molecule has 0 fully saturated rings. The summed E-state index contributed by atoms with van der Waals surface area (Å²) in [6.07, 6.45) is 5.50. The molecule has 0 radical (unpaired) electrons. The standard InChI is InChI=1S/C10H17N3O/c1-3-5-6-14-10-8-11-7-9(13-10)12-4-2/h7-8H,3-6H2,1-2H3,(H,12,13). The number of hydrogen-bond donors (Lipinski definition) is 1. The molecule has 0 saturated carbocycles. The largest absolute Gasteiger partial charge is 0.477 e. The molecule has 1 rings (SSSR count). The monoisotopic (exact) mass is 195 g/mol. The van der Waals surface area contributed by atoms with Gasteiger partial charge in [-0.15, -0.1) is 0 Å². The molecule has 1 heterocycles. The van der Waals surface area contributed by atoms with E-state index in [1.54, 1.807) is 12.4 Å². The van der Waals surface area contributed by atoms with Crippen molar-refractivity contribution in [1.82, 2.24) is 9.97 Å². The number of hydrogen-bond acceptors (Lipinski definition) is 4. The van der Waals surface area contributed by atoms with Crippen LogP contribution < -0.4 is 10.1 Å². The molecule has 1 N–H and O–H groups in total. The number of anilines is 1. The lowest BCUT2D eigenvalue weighted by atomic mass is 10.4. The maximum absolute atomic E-state index is 5.42. The van der Waals surface area contributed by atoms with Gasteiger partial charge in [0.15, 0.2) is 0 Å². The number of ether oxygens (including phenoxy) is 1. The second-order valence-corrected chi connectivity index (χ2v) is 2.97. The Morgan fingerprint density at radius 2 is 2.21 bits per heavy atom. The molecule has 0 bridgehead atoms. The third kappa shape index (κ3) is 3.60. The molecule has 1 aromatic rings. The van der Waals surface area contributed by atoms with Gasteiger partial charge >= 0.3 is 0 Å². The van der Waals surface area contributed by atoms with Crippen LogP contribution in [0.1, 0.15) is 26.7 Å². The summed E-state index contributed by atoms with van der Waals surface area (Å²) in [7, 11) is 0. The Morgan fingerprint density at radius 3 is 2.93 bits per heavy atom. The molecule has 14 heavy (non-hydrogen) atoms. The molecule has 0 aliphatic rings. The van der Waals surface area contributed by atoms with Gasteiger partial charge < -0.3 is 10.1 Å². The Hall–Kier alpha value is -1.32. The first-order valence-electron chi connectivity index (χ1n) is 5.05. The Labute approximate surface area is 84.7 Å². The summed E-state index contributed by atoms with van der Waals surface area (Å²) in [5, 5.41) is 3.08. The van der Waals surface area contributed by atoms with Crippen molar-refractivity contribution in [2.24, 2.45) is 0 Å². The highest BCUT2D eigenvalue weighted by Crippen LogP contribution is 2.08. The summed E-state index contributed by atoms with van der Waals surface area (Å²) in [5.74, 6) is 1.36. The van der Waals surface area contributed by atoms with Gasteiger partial charge in [0, 0.05) is 6.54 Å². The van der Waals surface area contributed by atoms with Gasteiger partial charge in [-0.05, 0) is 13.3 Å². The zero-order valence-electron chi connectivity index (χ0n) is 8.79. The molecule has 4 heteroatoms. The van der Waals surface area contributed by atoms with Crippen molar-refractivity contribution in [3.05, 3.63) is 12.4 Å². The zero-order valence-corrected chi connectivity index (χ0v) is 8.79. The van der Waals surface area contributed by atoms with Gasteiger partial charge in [0.25, 0.3) is 0 Å². The first kappa shape index (κ1) is 10.8. The van der Waals surface area contributed by atoms with Crippen molar-refractivity contribution in [3.63, 3.8) is 0 Å². The normalized spacial score (nSPS) is 9.86. The van der Waals surface area contributed by atoms with Crippen molar-refractivity contribution in [2.75, 3.05) is 18.5 Å². The van der Waals surface area contributed by atoms with E-state index in [1.165, 1.54) is 0 Å². The molecule has 0 spiro atoms. The van der Waals surface area contributed by atoms with E-state index < -0.39 is 0 Å². The van der Waals surface area contributed by atoms with E-state index in [4.69, 9.17) is 4.74 Å². The summed E-state index contributed by atoms with van der Waals surface area (Å²) < 4.78 is 5.42. The van der Waals surface area contributed by atoms with Crippen LogP contribution in [-0.4, -0.2) is 23.1 Å². The molecule has 0 saturated heterocycles. The first-order valence-corrected chi connectivity index (χ1v) is 5.05. The average Bonchev–Trinajstić information content (AvgIpc) is 2.19. The molecular weight excluding hydrogens is 178 g/mol. The van der Waals surface area contributed by atoms with E-state index in [0.717, 1.165) is 25.2 Å². The van der Waals surface area contributed by atoms with Gasteiger partial charge in [-0.1, -0.05) is 13.3 Å². The minimum Gasteiger partial charge on any atom is -0.477 e. The van der Waals surface area contributed by atoms with E-state index in [2.05, 4.69) is 22.2 Å². The molecule has 0 aliphatic heterocycles. The second kappa shape index (κ2) is 6.18. The minimum atomic E-state index is 0.594. The van der Waals surface area contributed by atoms with Gasteiger partial charge in [-0.2, -0.15) is 4.98 Å². The quantitative estimate of drug-likeness (QED) is 0.706. The fourth-order valence-electron chi connectivity index (χ4n) is 1.00. The number of nitrogens with one attached hydrogen (secondary N) is 1. The van der Waals surface area contributed by atoms with Crippen LogP contribution >= 0.6 is 0 Å². The van der Waals surface area contributed by atoms with E-state index >= 15 is 0 Å². The fraction of sp³-hybridized carbons (Fsp3) is 0.600. The van der Waals surface area contributed by atoms with Gasteiger partial charge in [0.05, 0.1) is 19.0 Å². The number of aromatic nitrogens is 2. The summed E-state index contributed by atoms with van der Waals surface area (Å²) in [6, 6.07) is 0. The van der Waals surface area contributed by atoms with E-state index in [0.29, 0.717) is 12.5 Å². The molecule has 4 nitrogen and oxygen atoms in total. The molecular formula is C10H17N3O. The lowest BCUT2D eigenvalue weighted by molar-refractivity contribution is 0.297. The van der Waals surface area contributed by atoms with E-state index in [1.807, 2.05) is 6.92 Å². The maximum Gasteiger partial charge on any atom is 0.234 e. The predicted octanol–water partition coefficient (Wildman–Crippen LogP) is 2.09. The highest BCUT2D eigenvalue weighted by atomic mass is 16.5. The molecule has 0 aromatic carbocycles. The number of nitrogens with zero attached hydrogens (tertiary/aromatic N) is 2. The molecule has 0 amide bonds. The van der Waals surface area contributed by atoms with Crippen molar-refractivity contribution in [1.29, 1.82) is 0 Å². The highest BCUT2D eigenvalue weighted by molar-refractivity contribution is 5.32. The van der Waals surface area contributed by atoms with Crippen LogP contribution in [0.25, 0.3) is 0 Å². The predicted molar refractivity (Wildman–Crippen MR) is 56.6 cm³/mol. The summed E-state index contributed by atoms with van der Waals surface area (Å²) >= 11 is 0. The van der Waals surface area contributed by atoms with Crippen LogP contribution in [0.3, 0.4) is 0 Å². The Bertz CT molecular complexity index is 265. The molecule has 0 aliphatic carbocycles. The van der Waals surface area contributed by atoms with Crippen molar-refractivity contribution in [3.8, 4) is 5.88 Å². The van der Waals surface area contributed by atoms with Crippen LogP contribution in [0.15, 0.2) is 12.4 Å². The SMILES string of the molecule is CCCCOc1cncc(NCC)n1. The zero-order chi connectivity index (χ0) is 10.2. The van der Waals surface area contributed by atoms with Crippen LogP contribution in [0.5, 0.6) is 5.88 Å². The van der Waals surface area contributed by atoms with Gasteiger partial charge in [0.1, 0.15) is 5.82 Å². The Morgan fingerprint density at radius 1 is 1.36 bits per heavy atom. The Balaban J connectivity index is 2.46. The highest BCUT2D eigenvalue weighted by Gasteiger charge is 1.97. The van der Waals surface area contributed by atoms with Gasteiger partial charge in [-0.25, -0.2) is 0 Å². The van der Waals surface area contributed by atoms with Crippen molar-refractivity contribution >= 4 is 5.82 Å². The van der Waals surface area contributed by atoms with Gasteiger partial charge in [-0.3, -0.25) is 4.98 Å². The third-order valence-electron chi connectivity index (χ3n) is 1.72. The first-order chi connectivity index (χ1) is 6.86. The molecule has 1 aromatic heterocycles. The van der Waals surface area contributed by atoms with E-state index in [9.17, 15) is 0 Å². The minimum absolute atomic E-state index is 0.594. The lowest BCUT2D eigenvalue weighted by Crippen LogP contribution is -2.03. The lowest BCUT2D eigenvalue weighted by Gasteiger charge is -2.05. The van der Waals surface area contributed by atoms with E-state index in [-0.39, 0.29) is 0 Å². The summed E-state index contributed by atoms with van der Waals surface area (Å²) in [6.45, 7) is 5.70. The maximum atomic E-state index is 5.42. The summed E-state index contributed by atoms with van der Waals surface area (Å²) in [4.78, 5) is 8.27. The van der Waals surface area contributed by atoms with Crippen LogP contribution in [-0.2, 0) is 0 Å². The smallest absolute Gasteiger partial charge is 0.234 e. The number of rotatable bonds is 6. The fourth-order valence-corrected chi connectivity index (χ4v) is 1.00. The molecule has 0 atom stereocenters. The van der Waals surface area contributed by atoms with Crippen LogP contribution in [0.4, 0.5) is 5.82 Å². The Kier molecular flexibility index (Phi) is 4.75. The van der Waals surface area contributed by atoms with Crippen molar-refractivity contribution < 1.29 is 4.74 Å². The third-order valence-corrected chi connectivity index (χ3v) is 1.72. The topological polar surface area (TPSA) is 47.0 Å². The van der Waals surface area contributed by atoms with Crippen LogP contribution in [0.2, 0.25) is 0 Å². The van der Waals surface area contributed by atoms with Crippen molar-refractivity contribution in [2.45, 2.75) is 26.7 Å². The molecule has 78 valence electrons. The van der Waals surface area contributed by atoms with Gasteiger partial charge in [0.2, 0.25) is 5.88 Å². The summed E-state index contributed by atoms with van der Waals surface area (Å²) in [5.41, 5.74) is 0.